The summed E-state index contributed by atoms with van der Waals surface area (Å²) in [6.07, 6.45) is 2.80. The average Bonchev–Trinajstić information content (AvgIpc) is 2.83. The smallest absolute Gasteiger partial charge is 0.335 e. The van der Waals surface area contributed by atoms with Crippen LogP contribution < -0.4 is 5.32 Å². The molecule has 2 N–H and O–H groups in total. The molecule has 5 nitrogen and oxygen atoms in total. The molecule has 0 saturated carbocycles. The highest BCUT2D eigenvalue weighted by Gasteiger charge is 2.08. The second kappa shape index (κ2) is 5.99. The lowest BCUT2D eigenvalue weighted by Gasteiger charge is -2.05. The van der Waals surface area contributed by atoms with Crippen LogP contribution in [0.2, 0.25) is 5.15 Å². The standard InChI is InChI=1S/C12H12ClN3O2S/c1-2-8-5-15-11(19-8)6-14-10-4-7(12(17)18)3-9(13)16-10/h3-5H,2,6H2,1H3,(H,14,16)(H,17,18). The van der Waals surface area contributed by atoms with Gasteiger partial charge in [0.05, 0.1) is 12.1 Å². The van der Waals surface area contributed by atoms with Crippen molar-refractivity contribution in [1.82, 2.24) is 9.97 Å². The molecular formula is C12H12ClN3O2S. The van der Waals surface area contributed by atoms with E-state index < -0.39 is 5.97 Å². The first-order chi connectivity index (χ1) is 9.08. The number of halogens is 1. The molecule has 0 atom stereocenters. The van der Waals surface area contributed by atoms with Crippen LogP contribution in [0.3, 0.4) is 0 Å². The van der Waals surface area contributed by atoms with Crippen LogP contribution in [-0.2, 0) is 13.0 Å². The van der Waals surface area contributed by atoms with Crippen LogP contribution in [0.4, 0.5) is 5.82 Å². The number of aryl methyl sites for hydroxylation is 1. The minimum absolute atomic E-state index is 0.107. The first-order valence-corrected chi connectivity index (χ1v) is 6.86. The van der Waals surface area contributed by atoms with E-state index in [4.69, 9.17) is 16.7 Å². The number of carbonyl (C=O) groups is 1. The quantitative estimate of drug-likeness (QED) is 0.830. The van der Waals surface area contributed by atoms with Crippen LogP contribution in [0.25, 0.3) is 0 Å². The third-order valence-corrected chi connectivity index (χ3v) is 3.75. The van der Waals surface area contributed by atoms with Gasteiger partial charge in [0.1, 0.15) is 16.0 Å². The summed E-state index contributed by atoms with van der Waals surface area (Å²) in [7, 11) is 0. The maximum absolute atomic E-state index is 10.9. The van der Waals surface area contributed by atoms with Crippen molar-refractivity contribution in [3.63, 3.8) is 0 Å². The molecular weight excluding hydrogens is 286 g/mol. The molecule has 2 rings (SSSR count). The number of anilines is 1. The summed E-state index contributed by atoms with van der Waals surface area (Å²) in [5.74, 6) is -0.604. The van der Waals surface area contributed by atoms with Gasteiger partial charge in [-0.2, -0.15) is 0 Å². The van der Waals surface area contributed by atoms with Crippen molar-refractivity contribution in [2.45, 2.75) is 19.9 Å². The van der Waals surface area contributed by atoms with Crippen molar-refractivity contribution in [3.05, 3.63) is 38.9 Å². The van der Waals surface area contributed by atoms with Gasteiger partial charge in [-0.15, -0.1) is 11.3 Å². The minimum Gasteiger partial charge on any atom is -0.478 e. The number of hydrogen-bond acceptors (Lipinski definition) is 5. The molecule has 0 radical (unpaired) electrons. The summed E-state index contributed by atoms with van der Waals surface area (Å²) in [5, 5.41) is 13.0. The number of aromatic nitrogens is 2. The van der Waals surface area contributed by atoms with E-state index in [2.05, 4.69) is 22.2 Å². The van der Waals surface area contributed by atoms with Gasteiger partial charge in [-0.1, -0.05) is 18.5 Å². The number of hydrogen-bond donors (Lipinski definition) is 2. The number of carboxylic acid groups (broad SMARTS) is 1. The second-order valence-electron chi connectivity index (χ2n) is 3.80. The Morgan fingerprint density at radius 3 is 2.95 bits per heavy atom. The highest BCUT2D eigenvalue weighted by atomic mass is 35.5. The van der Waals surface area contributed by atoms with Crippen LogP contribution in [0.1, 0.15) is 27.2 Å². The van der Waals surface area contributed by atoms with Crippen molar-refractivity contribution >= 4 is 34.7 Å². The van der Waals surface area contributed by atoms with Gasteiger partial charge < -0.3 is 10.4 Å². The van der Waals surface area contributed by atoms with Gasteiger partial charge in [-0.25, -0.2) is 14.8 Å². The Kier molecular flexibility index (Phi) is 4.34. The fraction of sp³-hybridized carbons (Fsp3) is 0.250. The molecule has 19 heavy (non-hydrogen) atoms. The number of thiazole rings is 1. The van der Waals surface area contributed by atoms with Gasteiger partial charge in [0, 0.05) is 11.1 Å². The largest absolute Gasteiger partial charge is 0.478 e. The van der Waals surface area contributed by atoms with Crippen LogP contribution in [0.15, 0.2) is 18.3 Å². The van der Waals surface area contributed by atoms with E-state index in [-0.39, 0.29) is 10.7 Å². The number of aromatic carboxylic acids is 1. The Hall–Kier alpha value is -1.66. The summed E-state index contributed by atoms with van der Waals surface area (Å²) >= 11 is 7.39. The lowest BCUT2D eigenvalue weighted by Crippen LogP contribution is -2.04. The molecule has 7 heteroatoms. The van der Waals surface area contributed by atoms with Crippen molar-refractivity contribution in [3.8, 4) is 0 Å². The molecule has 0 unspecified atom stereocenters. The van der Waals surface area contributed by atoms with Crippen molar-refractivity contribution in [2.75, 3.05) is 5.32 Å². The first kappa shape index (κ1) is 13.8. The normalized spacial score (nSPS) is 10.4. The summed E-state index contributed by atoms with van der Waals surface area (Å²) in [6, 6.07) is 2.76. The number of pyridine rings is 1. The van der Waals surface area contributed by atoms with Crippen LogP contribution in [-0.4, -0.2) is 21.0 Å². The predicted molar refractivity (Wildman–Crippen MR) is 75.0 cm³/mol. The Morgan fingerprint density at radius 1 is 1.53 bits per heavy atom. The Labute approximate surface area is 119 Å². The van der Waals surface area contributed by atoms with Crippen LogP contribution in [0.5, 0.6) is 0 Å². The number of rotatable bonds is 5. The second-order valence-corrected chi connectivity index (χ2v) is 5.38. The van der Waals surface area contributed by atoms with Crippen molar-refractivity contribution in [1.29, 1.82) is 0 Å². The molecule has 0 fully saturated rings. The maximum Gasteiger partial charge on any atom is 0.335 e. The fourth-order valence-corrected chi connectivity index (χ4v) is 2.48. The Bertz CT molecular complexity index is 600. The third kappa shape index (κ3) is 3.65. The van der Waals surface area contributed by atoms with Gasteiger partial charge in [0.15, 0.2) is 0 Å². The summed E-state index contributed by atoms with van der Waals surface area (Å²) in [6.45, 7) is 2.57. The molecule has 0 bridgehead atoms. The average molecular weight is 298 g/mol. The van der Waals surface area contributed by atoms with Crippen LogP contribution >= 0.6 is 22.9 Å². The van der Waals surface area contributed by atoms with E-state index in [9.17, 15) is 4.79 Å². The molecule has 0 aromatic carbocycles. The van der Waals surface area contributed by atoms with Gasteiger partial charge in [0.25, 0.3) is 0 Å². The van der Waals surface area contributed by atoms with E-state index >= 15 is 0 Å². The SMILES string of the molecule is CCc1cnc(CNc2cc(C(=O)O)cc(Cl)n2)s1. The molecule has 0 aliphatic rings. The number of carboxylic acids is 1. The van der Waals surface area contributed by atoms with E-state index in [0.717, 1.165) is 11.4 Å². The van der Waals surface area contributed by atoms with Crippen molar-refractivity contribution < 1.29 is 9.90 Å². The lowest BCUT2D eigenvalue weighted by molar-refractivity contribution is 0.0697. The van der Waals surface area contributed by atoms with E-state index in [0.29, 0.717) is 12.4 Å². The summed E-state index contributed by atoms with van der Waals surface area (Å²) in [5.41, 5.74) is 0.107. The number of nitrogens with one attached hydrogen (secondary N) is 1. The molecule has 2 aromatic rings. The van der Waals surface area contributed by atoms with Crippen LogP contribution in [0, 0.1) is 0 Å². The zero-order valence-electron chi connectivity index (χ0n) is 10.2. The third-order valence-electron chi connectivity index (χ3n) is 2.41. The molecule has 2 heterocycles. The molecule has 0 aliphatic heterocycles. The first-order valence-electron chi connectivity index (χ1n) is 5.67. The molecule has 0 saturated heterocycles. The molecule has 100 valence electrons. The van der Waals surface area contributed by atoms with Crippen molar-refractivity contribution in [2.24, 2.45) is 0 Å². The Balaban J connectivity index is 2.08. The van der Waals surface area contributed by atoms with Gasteiger partial charge in [0.2, 0.25) is 0 Å². The maximum atomic E-state index is 10.9. The molecule has 0 aliphatic carbocycles. The molecule has 0 spiro atoms. The molecule has 0 amide bonds. The van der Waals surface area contributed by atoms with E-state index in [1.807, 2.05) is 6.20 Å². The highest BCUT2D eigenvalue weighted by Crippen LogP contribution is 2.17. The van der Waals surface area contributed by atoms with Gasteiger partial charge >= 0.3 is 5.97 Å². The van der Waals surface area contributed by atoms with E-state index in [1.165, 1.54) is 17.0 Å². The predicted octanol–water partition coefficient (Wildman–Crippen LogP) is 3.06. The minimum atomic E-state index is -1.03. The van der Waals surface area contributed by atoms with E-state index in [1.54, 1.807) is 11.3 Å². The Morgan fingerprint density at radius 2 is 2.32 bits per heavy atom. The van der Waals surface area contributed by atoms with Gasteiger partial charge in [-0.05, 0) is 18.6 Å². The number of nitrogens with zero attached hydrogens (tertiary/aromatic N) is 2. The summed E-state index contributed by atoms with van der Waals surface area (Å²) < 4.78 is 0. The van der Waals surface area contributed by atoms with Gasteiger partial charge in [-0.3, -0.25) is 0 Å². The lowest BCUT2D eigenvalue weighted by atomic mass is 10.2. The zero-order valence-corrected chi connectivity index (χ0v) is 11.8. The monoisotopic (exact) mass is 297 g/mol. The molecule has 2 aromatic heterocycles. The summed E-state index contributed by atoms with van der Waals surface area (Å²) in [4.78, 5) is 20.4. The fourth-order valence-electron chi connectivity index (χ4n) is 1.47. The topological polar surface area (TPSA) is 75.1 Å². The zero-order chi connectivity index (χ0) is 13.8. The highest BCUT2D eigenvalue weighted by molar-refractivity contribution is 7.11.